The quantitative estimate of drug-likeness (QED) is 0.482. The van der Waals surface area contributed by atoms with Crippen molar-refractivity contribution in [3.63, 3.8) is 0 Å². The lowest BCUT2D eigenvalue weighted by molar-refractivity contribution is 0.466. The minimum absolute atomic E-state index is 0.742. The van der Waals surface area contributed by atoms with Crippen molar-refractivity contribution in [3.8, 4) is 0 Å². The van der Waals surface area contributed by atoms with Crippen LogP contribution in [0.3, 0.4) is 0 Å². The SMILES string of the molecule is CCC(CC)NCCCCCCCCCCN. The molecule has 0 saturated heterocycles. The highest BCUT2D eigenvalue weighted by Gasteiger charge is 2.00. The van der Waals surface area contributed by atoms with Gasteiger partial charge in [-0.15, -0.1) is 0 Å². The summed E-state index contributed by atoms with van der Waals surface area (Å²) in [5, 5.41) is 3.62. The van der Waals surface area contributed by atoms with Crippen LogP contribution in [0.2, 0.25) is 0 Å². The molecule has 0 aliphatic rings. The third-order valence-corrected chi connectivity index (χ3v) is 3.55. The van der Waals surface area contributed by atoms with Crippen molar-refractivity contribution in [1.29, 1.82) is 0 Å². The van der Waals surface area contributed by atoms with E-state index in [1.165, 1.54) is 70.8 Å². The average Bonchev–Trinajstić information content (AvgIpc) is 2.36. The van der Waals surface area contributed by atoms with Crippen molar-refractivity contribution >= 4 is 0 Å². The molecule has 0 rings (SSSR count). The Kier molecular flexibility index (Phi) is 13.9. The third-order valence-electron chi connectivity index (χ3n) is 3.55. The Balaban J connectivity index is 3.03. The molecule has 0 saturated carbocycles. The van der Waals surface area contributed by atoms with E-state index in [1.807, 2.05) is 0 Å². The molecular formula is C15H34N2. The first-order valence-electron chi connectivity index (χ1n) is 7.78. The lowest BCUT2D eigenvalue weighted by atomic mass is 10.1. The van der Waals surface area contributed by atoms with Gasteiger partial charge in [-0.05, 0) is 38.8 Å². The van der Waals surface area contributed by atoms with Gasteiger partial charge < -0.3 is 11.1 Å². The molecule has 0 atom stereocenters. The maximum Gasteiger partial charge on any atom is 0.00618 e. The second-order valence-electron chi connectivity index (χ2n) is 5.08. The Hall–Kier alpha value is -0.0800. The highest BCUT2D eigenvalue weighted by molar-refractivity contribution is 4.61. The molecule has 0 aromatic rings. The van der Waals surface area contributed by atoms with Crippen LogP contribution in [-0.4, -0.2) is 19.1 Å². The van der Waals surface area contributed by atoms with Gasteiger partial charge in [0.1, 0.15) is 0 Å². The van der Waals surface area contributed by atoms with Crippen molar-refractivity contribution < 1.29 is 0 Å². The van der Waals surface area contributed by atoms with Crippen LogP contribution in [0.4, 0.5) is 0 Å². The fraction of sp³-hybridized carbons (Fsp3) is 1.00. The van der Waals surface area contributed by atoms with E-state index >= 15 is 0 Å². The molecule has 17 heavy (non-hydrogen) atoms. The molecule has 0 radical (unpaired) electrons. The Morgan fingerprint density at radius 3 is 1.71 bits per heavy atom. The fourth-order valence-corrected chi connectivity index (χ4v) is 2.21. The van der Waals surface area contributed by atoms with Crippen LogP contribution in [0.25, 0.3) is 0 Å². The molecule has 3 N–H and O–H groups in total. The zero-order chi connectivity index (χ0) is 12.8. The van der Waals surface area contributed by atoms with E-state index in [0.29, 0.717) is 0 Å². The molecule has 2 heteroatoms. The molecule has 0 bridgehead atoms. The van der Waals surface area contributed by atoms with Gasteiger partial charge in [0.25, 0.3) is 0 Å². The number of hydrogen-bond acceptors (Lipinski definition) is 2. The van der Waals surface area contributed by atoms with Gasteiger partial charge in [0, 0.05) is 6.04 Å². The molecule has 0 fully saturated rings. The molecule has 0 aromatic carbocycles. The molecule has 104 valence electrons. The Morgan fingerprint density at radius 1 is 0.765 bits per heavy atom. The predicted molar refractivity (Wildman–Crippen MR) is 78.4 cm³/mol. The summed E-state index contributed by atoms with van der Waals surface area (Å²) in [4.78, 5) is 0. The van der Waals surface area contributed by atoms with E-state index < -0.39 is 0 Å². The van der Waals surface area contributed by atoms with Gasteiger partial charge in [0.05, 0.1) is 0 Å². The van der Waals surface area contributed by atoms with E-state index in [1.54, 1.807) is 0 Å². The van der Waals surface area contributed by atoms with Crippen LogP contribution in [0.15, 0.2) is 0 Å². The van der Waals surface area contributed by atoms with Crippen molar-refractivity contribution in [1.82, 2.24) is 5.32 Å². The minimum Gasteiger partial charge on any atom is -0.330 e. The van der Waals surface area contributed by atoms with E-state index in [2.05, 4.69) is 19.2 Å². The second-order valence-corrected chi connectivity index (χ2v) is 5.08. The van der Waals surface area contributed by atoms with Crippen LogP contribution in [0.5, 0.6) is 0 Å². The Labute approximate surface area is 109 Å². The number of nitrogens with one attached hydrogen (secondary N) is 1. The van der Waals surface area contributed by atoms with Gasteiger partial charge in [-0.2, -0.15) is 0 Å². The Morgan fingerprint density at radius 2 is 1.24 bits per heavy atom. The molecule has 0 aliphatic carbocycles. The number of nitrogens with two attached hydrogens (primary N) is 1. The van der Waals surface area contributed by atoms with Crippen molar-refractivity contribution in [2.24, 2.45) is 5.73 Å². The van der Waals surface area contributed by atoms with Gasteiger partial charge in [-0.25, -0.2) is 0 Å². The molecule has 0 spiro atoms. The molecule has 0 heterocycles. The summed E-state index contributed by atoms with van der Waals surface area (Å²) in [5.41, 5.74) is 5.46. The van der Waals surface area contributed by atoms with Crippen LogP contribution < -0.4 is 11.1 Å². The van der Waals surface area contributed by atoms with Crippen LogP contribution in [0, 0.1) is 0 Å². The second kappa shape index (κ2) is 14.0. The number of unbranched alkanes of at least 4 members (excludes halogenated alkanes) is 7. The summed E-state index contributed by atoms with van der Waals surface area (Å²) in [6, 6.07) is 0.742. The molecule has 0 aromatic heterocycles. The van der Waals surface area contributed by atoms with Gasteiger partial charge in [0.15, 0.2) is 0 Å². The van der Waals surface area contributed by atoms with E-state index in [-0.39, 0.29) is 0 Å². The first kappa shape index (κ1) is 16.9. The van der Waals surface area contributed by atoms with Crippen LogP contribution >= 0.6 is 0 Å². The lowest BCUT2D eigenvalue weighted by Gasteiger charge is -2.14. The standard InChI is InChI=1S/C15H34N2/c1-3-15(4-2)17-14-12-10-8-6-5-7-9-11-13-16/h15,17H,3-14,16H2,1-2H3. The zero-order valence-electron chi connectivity index (χ0n) is 12.1. The van der Waals surface area contributed by atoms with Crippen LogP contribution in [-0.2, 0) is 0 Å². The average molecular weight is 242 g/mol. The molecule has 0 aliphatic heterocycles. The number of rotatable bonds is 13. The first-order valence-corrected chi connectivity index (χ1v) is 7.78. The highest BCUT2D eigenvalue weighted by Crippen LogP contribution is 2.08. The smallest absolute Gasteiger partial charge is 0.00618 e. The maximum atomic E-state index is 5.46. The van der Waals surface area contributed by atoms with E-state index in [9.17, 15) is 0 Å². The fourth-order valence-electron chi connectivity index (χ4n) is 2.21. The monoisotopic (exact) mass is 242 g/mol. The molecule has 0 amide bonds. The van der Waals surface area contributed by atoms with Gasteiger partial charge in [-0.3, -0.25) is 0 Å². The molecule has 2 nitrogen and oxygen atoms in total. The lowest BCUT2D eigenvalue weighted by Crippen LogP contribution is -2.28. The third kappa shape index (κ3) is 12.2. The minimum atomic E-state index is 0.742. The predicted octanol–water partition coefficient (Wildman–Crippen LogP) is 3.84. The van der Waals surface area contributed by atoms with Crippen molar-refractivity contribution in [2.45, 2.75) is 84.1 Å². The summed E-state index contributed by atoms with van der Waals surface area (Å²) in [7, 11) is 0. The highest BCUT2D eigenvalue weighted by atomic mass is 14.9. The largest absolute Gasteiger partial charge is 0.330 e. The van der Waals surface area contributed by atoms with Crippen LogP contribution in [0.1, 0.15) is 78.1 Å². The summed E-state index contributed by atoms with van der Waals surface area (Å²) in [5.74, 6) is 0. The zero-order valence-corrected chi connectivity index (χ0v) is 12.1. The van der Waals surface area contributed by atoms with Gasteiger partial charge in [0.2, 0.25) is 0 Å². The summed E-state index contributed by atoms with van der Waals surface area (Å²) < 4.78 is 0. The Bertz CT molecular complexity index is 133. The normalized spacial score (nSPS) is 11.3. The van der Waals surface area contributed by atoms with E-state index in [0.717, 1.165) is 12.6 Å². The summed E-state index contributed by atoms with van der Waals surface area (Å²) >= 11 is 0. The van der Waals surface area contributed by atoms with Gasteiger partial charge in [-0.1, -0.05) is 52.4 Å². The van der Waals surface area contributed by atoms with Crippen molar-refractivity contribution in [3.05, 3.63) is 0 Å². The molecular weight excluding hydrogens is 208 g/mol. The maximum absolute atomic E-state index is 5.46. The first-order chi connectivity index (χ1) is 8.35. The van der Waals surface area contributed by atoms with Gasteiger partial charge >= 0.3 is 0 Å². The summed E-state index contributed by atoms with van der Waals surface area (Å²) in [6.45, 7) is 6.60. The molecule has 0 unspecified atom stereocenters. The van der Waals surface area contributed by atoms with Crippen molar-refractivity contribution in [2.75, 3.05) is 13.1 Å². The topological polar surface area (TPSA) is 38.0 Å². The van der Waals surface area contributed by atoms with E-state index in [4.69, 9.17) is 5.73 Å². The summed E-state index contributed by atoms with van der Waals surface area (Å²) in [6.07, 6.45) is 13.4. The number of hydrogen-bond donors (Lipinski definition) is 2.